The van der Waals surface area contributed by atoms with E-state index in [4.69, 9.17) is 0 Å². The topological polar surface area (TPSA) is 0 Å². The first-order chi connectivity index (χ1) is 8.99. The maximum Gasteiger partial charge on any atom is -0.0194 e. The Morgan fingerprint density at radius 2 is 1.79 bits per heavy atom. The highest BCUT2D eigenvalue weighted by molar-refractivity contribution is 8.32. The van der Waals surface area contributed by atoms with Crippen LogP contribution in [0.2, 0.25) is 0 Å². The van der Waals surface area contributed by atoms with Crippen LogP contribution in [0.25, 0.3) is 0 Å². The Morgan fingerprint density at radius 1 is 1.05 bits per heavy atom. The summed E-state index contributed by atoms with van der Waals surface area (Å²) in [6.45, 7) is 2.46. The third kappa shape index (κ3) is 2.64. The second-order valence-corrected chi connectivity index (χ2v) is 12.8. The quantitative estimate of drug-likeness (QED) is 0.640. The predicted molar refractivity (Wildman–Crippen MR) is 89.1 cm³/mol. The Labute approximate surface area is 121 Å². The Kier molecular flexibility index (Phi) is 3.79. The van der Waals surface area contributed by atoms with E-state index < -0.39 is 0 Å². The van der Waals surface area contributed by atoms with Crippen molar-refractivity contribution in [3.05, 3.63) is 12.2 Å². The average Bonchev–Trinajstić information content (AvgIpc) is 2.95. The Morgan fingerprint density at radius 3 is 2.47 bits per heavy atom. The zero-order valence-electron chi connectivity index (χ0n) is 13.3. The summed E-state index contributed by atoms with van der Waals surface area (Å²) < 4.78 is 0. The largest absolute Gasteiger partial charge is 0.250 e. The van der Waals surface area contributed by atoms with Crippen molar-refractivity contribution in [2.75, 3.05) is 24.5 Å². The zero-order chi connectivity index (χ0) is 13.6. The second-order valence-electron chi connectivity index (χ2n) is 8.18. The summed E-state index contributed by atoms with van der Waals surface area (Å²) >= 11 is 0. The van der Waals surface area contributed by atoms with Gasteiger partial charge in [-0.05, 0) is 85.7 Å². The highest BCUT2D eigenvalue weighted by Gasteiger charge is 2.50. The Balaban J connectivity index is 1.69. The summed E-state index contributed by atoms with van der Waals surface area (Å²) in [5, 5.41) is 0. The molecular formula is C18H32S. The lowest BCUT2D eigenvalue weighted by molar-refractivity contribution is 0.0748. The van der Waals surface area contributed by atoms with Crippen molar-refractivity contribution >= 4 is 10.0 Å². The van der Waals surface area contributed by atoms with E-state index in [-0.39, 0.29) is 10.0 Å². The number of rotatable bonds is 4. The van der Waals surface area contributed by atoms with Crippen LogP contribution in [0.1, 0.15) is 39.0 Å². The van der Waals surface area contributed by atoms with Gasteiger partial charge in [0.2, 0.25) is 0 Å². The first kappa shape index (κ1) is 14.0. The first-order valence-electron chi connectivity index (χ1n) is 8.34. The summed E-state index contributed by atoms with van der Waals surface area (Å²) in [6.07, 6.45) is 20.1. The van der Waals surface area contributed by atoms with E-state index in [0.29, 0.717) is 0 Å². The van der Waals surface area contributed by atoms with Crippen molar-refractivity contribution in [3.8, 4) is 0 Å². The van der Waals surface area contributed by atoms with E-state index in [0.717, 1.165) is 35.5 Å². The molecule has 0 nitrogen and oxygen atoms in total. The zero-order valence-corrected chi connectivity index (χ0v) is 14.1. The summed E-state index contributed by atoms with van der Waals surface area (Å²) in [4.78, 5) is 0. The molecular weight excluding hydrogens is 248 g/mol. The van der Waals surface area contributed by atoms with Crippen LogP contribution in [0, 0.1) is 35.5 Å². The highest BCUT2D eigenvalue weighted by atomic mass is 32.3. The first-order valence-corrected chi connectivity index (χ1v) is 11.4. The van der Waals surface area contributed by atoms with Gasteiger partial charge < -0.3 is 0 Å². The molecule has 6 atom stereocenters. The van der Waals surface area contributed by atoms with Gasteiger partial charge in [-0.1, -0.05) is 25.5 Å². The van der Waals surface area contributed by atoms with Crippen LogP contribution in [0.5, 0.6) is 0 Å². The van der Waals surface area contributed by atoms with Gasteiger partial charge in [-0.2, -0.15) is 0 Å². The highest BCUT2D eigenvalue weighted by Crippen LogP contribution is 2.58. The fourth-order valence-electron chi connectivity index (χ4n) is 5.41. The Bertz CT molecular complexity index is 351. The van der Waals surface area contributed by atoms with Gasteiger partial charge >= 0.3 is 0 Å². The van der Waals surface area contributed by atoms with Crippen LogP contribution in [0.15, 0.2) is 12.2 Å². The van der Waals surface area contributed by atoms with Gasteiger partial charge in [-0.25, -0.2) is 10.0 Å². The molecule has 0 spiro atoms. The minimum absolute atomic E-state index is 0.302. The molecule has 3 aliphatic carbocycles. The summed E-state index contributed by atoms with van der Waals surface area (Å²) in [5.41, 5.74) is 0. The van der Waals surface area contributed by atoms with E-state index in [1.165, 1.54) is 37.9 Å². The maximum absolute atomic E-state index is 2.58. The summed E-state index contributed by atoms with van der Waals surface area (Å²) in [7, 11) is -0.302. The summed E-state index contributed by atoms with van der Waals surface area (Å²) in [6, 6.07) is 0. The van der Waals surface area contributed by atoms with E-state index in [2.05, 4.69) is 37.8 Å². The average molecular weight is 281 g/mol. The maximum atomic E-state index is 2.58. The number of hydrogen-bond donors (Lipinski definition) is 0. The lowest BCUT2D eigenvalue weighted by Crippen LogP contribution is -2.37. The van der Waals surface area contributed by atoms with Gasteiger partial charge in [0.05, 0.1) is 0 Å². The third-order valence-electron chi connectivity index (χ3n) is 6.23. The molecule has 3 rings (SSSR count). The predicted octanol–water partition coefficient (Wildman–Crippen LogP) is 4.95. The molecule has 0 aromatic rings. The monoisotopic (exact) mass is 280 g/mol. The SMILES string of the molecule is CCC1C(CCS(C)(C)C)CCC2C3C=CC(C3)C21. The van der Waals surface area contributed by atoms with E-state index >= 15 is 0 Å². The standard InChI is InChI=1S/C18H32S/c1-5-16-13(10-11-19(2,3)4)8-9-17-14-6-7-15(12-14)18(16)17/h6-7,13-18H,5,8-12H2,1-4H3. The van der Waals surface area contributed by atoms with E-state index in [9.17, 15) is 0 Å². The molecule has 110 valence electrons. The van der Waals surface area contributed by atoms with Gasteiger partial charge in [0, 0.05) is 0 Å². The lowest BCUT2D eigenvalue weighted by Gasteiger charge is -2.45. The molecule has 6 unspecified atom stereocenters. The van der Waals surface area contributed by atoms with Crippen molar-refractivity contribution in [1.29, 1.82) is 0 Å². The number of allylic oxidation sites excluding steroid dienone is 2. The Hall–Kier alpha value is 0.0900. The summed E-state index contributed by atoms with van der Waals surface area (Å²) in [5.74, 6) is 7.65. The molecule has 1 heteroatoms. The normalized spacial score (nSPS) is 45.5. The molecule has 3 aliphatic rings. The van der Waals surface area contributed by atoms with Gasteiger partial charge in [0.15, 0.2) is 0 Å². The number of hydrogen-bond acceptors (Lipinski definition) is 0. The third-order valence-corrected chi connectivity index (χ3v) is 7.69. The molecule has 0 radical (unpaired) electrons. The van der Waals surface area contributed by atoms with Gasteiger partial charge in [-0.3, -0.25) is 0 Å². The second kappa shape index (κ2) is 5.13. The van der Waals surface area contributed by atoms with Crippen molar-refractivity contribution in [3.63, 3.8) is 0 Å². The van der Waals surface area contributed by atoms with E-state index in [1.54, 1.807) is 0 Å². The van der Waals surface area contributed by atoms with Crippen LogP contribution in [-0.2, 0) is 0 Å². The minimum atomic E-state index is -0.302. The van der Waals surface area contributed by atoms with Crippen molar-refractivity contribution in [1.82, 2.24) is 0 Å². The molecule has 0 amide bonds. The van der Waals surface area contributed by atoms with Crippen molar-refractivity contribution < 1.29 is 0 Å². The molecule has 0 heterocycles. The molecule has 0 N–H and O–H groups in total. The smallest absolute Gasteiger partial charge is 0.0194 e. The van der Waals surface area contributed by atoms with Crippen molar-refractivity contribution in [2.45, 2.75) is 39.0 Å². The fraction of sp³-hybridized carbons (Fsp3) is 0.889. The minimum Gasteiger partial charge on any atom is -0.250 e. The molecule has 2 fully saturated rings. The van der Waals surface area contributed by atoms with Crippen LogP contribution in [0.3, 0.4) is 0 Å². The van der Waals surface area contributed by atoms with Gasteiger partial charge in [0.1, 0.15) is 0 Å². The molecule has 19 heavy (non-hydrogen) atoms. The van der Waals surface area contributed by atoms with Gasteiger partial charge in [-0.15, -0.1) is 0 Å². The molecule has 0 aliphatic heterocycles. The van der Waals surface area contributed by atoms with Crippen molar-refractivity contribution in [2.24, 2.45) is 35.5 Å². The molecule has 0 aromatic carbocycles. The molecule has 0 aromatic heterocycles. The lowest BCUT2D eigenvalue weighted by atomic mass is 9.61. The van der Waals surface area contributed by atoms with Crippen LogP contribution < -0.4 is 0 Å². The van der Waals surface area contributed by atoms with Crippen LogP contribution in [-0.4, -0.2) is 24.5 Å². The number of fused-ring (bicyclic) bond motifs is 5. The molecule has 0 saturated heterocycles. The van der Waals surface area contributed by atoms with Crippen LogP contribution >= 0.6 is 10.0 Å². The van der Waals surface area contributed by atoms with E-state index in [1.807, 2.05) is 0 Å². The molecule has 2 saturated carbocycles. The van der Waals surface area contributed by atoms with Crippen LogP contribution in [0.4, 0.5) is 0 Å². The molecule has 2 bridgehead atoms. The van der Waals surface area contributed by atoms with Gasteiger partial charge in [0.25, 0.3) is 0 Å². The fourth-order valence-corrected chi connectivity index (χ4v) is 6.42.